The van der Waals surface area contributed by atoms with E-state index in [0.717, 1.165) is 0 Å². The van der Waals surface area contributed by atoms with Gasteiger partial charge in [0.25, 0.3) is 0 Å². The minimum Gasteiger partial charge on any atom is -0.330 e. The summed E-state index contributed by atoms with van der Waals surface area (Å²) < 4.78 is 34.3. The van der Waals surface area contributed by atoms with Crippen molar-refractivity contribution in [2.24, 2.45) is 11.7 Å². The average molecular weight is 269 g/mol. The molecule has 98 valence electrons. The normalized spacial score (nSPS) is 17.1. The molecule has 0 heterocycles. The van der Waals surface area contributed by atoms with Crippen LogP contribution in [0, 0.1) is 5.92 Å². The fourth-order valence-corrected chi connectivity index (χ4v) is 4.15. The van der Waals surface area contributed by atoms with Crippen molar-refractivity contribution in [3.8, 4) is 0 Å². The zero-order valence-electron chi connectivity index (χ0n) is 10.5. The Balaban J connectivity index is 4.22. The van der Waals surface area contributed by atoms with Gasteiger partial charge in [0.15, 0.2) is 9.84 Å². The third-order valence-electron chi connectivity index (χ3n) is 2.39. The molecule has 0 amide bonds. The Hall–Kier alpha value is 0.0600. The maximum Gasteiger partial charge on any atom is 0.156 e. The summed E-state index contributed by atoms with van der Waals surface area (Å²) in [4.78, 5) is 0. The van der Waals surface area contributed by atoms with E-state index in [-0.39, 0.29) is 17.4 Å². The number of sulfone groups is 1. The number of rotatable bonds is 6. The molecule has 0 aromatic carbocycles. The van der Waals surface area contributed by atoms with Crippen molar-refractivity contribution in [1.82, 2.24) is 0 Å². The predicted molar refractivity (Wildman–Crippen MR) is 69.6 cm³/mol. The Labute approximate surface area is 101 Å². The summed E-state index contributed by atoms with van der Waals surface area (Å²) >= 11 is 0. The molecule has 6 heteroatoms. The number of hydrogen-bond acceptors (Lipinski definition) is 4. The highest BCUT2D eigenvalue weighted by atomic mass is 32.2. The standard InChI is InChI=1S/C10H23NO3S2/c1-9(7-11)8-15(12)5-6-16(13,14)10(2,3)4/h9H,5-8,11H2,1-4H3. The molecule has 4 nitrogen and oxygen atoms in total. The first-order valence-corrected chi connectivity index (χ1v) is 8.51. The van der Waals surface area contributed by atoms with Gasteiger partial charge in [-0.05, 0) is 33.2 Å². The molecule has 0 aliphatic rings. The fourth-order valence-electron chi connectivity index (χ4n) is 0.978. The van der Waals surface area contributed by atoms with Gasteiger partial charge in [0, 0.05) is 22.3 Å². The van der Waals surface area contributed by atoms with Gasteiger partial charge >= 0.3 is 0 Å². The molecule has 0 saturated carbocycles. The second-order valence-electron chi connectivity index (χ2n) is 5.08. The van der Waals surface area contributed by atoms with E-state index in [1.807, 2.05) is 6.92 Å². The first-order chi connectivity index (χ1) is 7.10. The van der Waals surface area contributed by atoms with Gasteiger partial charge < -0.3 is 5.73 Å². The van der Waals surface area contributed by atoms with Gasteiger partial charge in [0.1, 0.15) is 0 Å². The Morgan fingerprint density at radius 3 is 2.19 bits per heavy atom. The lowest BCUT2D eigenvalue weighted by atomic mass is 10.2. The van der Waals surface area contributed by atoms with E-state index in [2.05, 4.69) is 0 Å². The van der Waals surface area contributed by atoms with Crippen LogP contribution in [0.1, 0.15) is 27.7 Å². The lowest BCUT2D eigenvalue weighted by Crippen LogP contribution is -2.33. The average Bonchev–Trinajstić information content (AvgIpc) is 2.13. The maximum atomic E-state index is 11.8. The zero-order chi connectivity index (χ0) is 13.0. The van der Waals surface area contributed by atoms with Crippen LogP contribution in [0.4, 0.5) is 0 Å². The van der Waals surface area contributed by atoms with Crippen LogP contribution >= 0.6 is 0 Å². The third-order valence-corrected chi connectivity index (χ3v) is 6.85. The highest BCUT2D eigenvalue weighted by Crippen LogP contribution is 2.16. The van der Waals surface area contributed by atoms with Crippen LogP contribution in [0.3, 0.4) is 0 Å². The summed E-state index contributed by atoms with van der Waals surface area (Å²) in [5, 5.41) is 0. The molecule has 0 bridgehead atoms. The van der Waals surface area contributed by atoms with Gasteiger partial charge in [-0.1, -0.05) is 6.92 Å². The van der Waals surface area contributed by atoms with E-state index in [0.29, 0.717) is 12.3 Å². The molecule has 2 N–H and O–H groups in total. The Bertz CT molecular complexity index is 330. The lowest BCUT2D eigenvalue weighted by Gasteiger charge is -2.19. The first kappa shape index (κ1) is 16.1. The van der Waals surface area contributed by atoms with E-state index < -0.39 is 25.4 Å². The first-order valence-electron chi connectivity index (χ1n) is 5.37. The van der Waals surface area contributed by atoms with Crippen molar-refractivity contribution in [3.05, 3.63) is 0 Å². The van der Waals surface area contributed by atoms with Crippen LogP contribution in [-0.4, -0.2) is 41.2 Å². The lowest BCUT2D eigenvalue weighted by molar-refractivity contribution is 0.561. The second kappa shape index (κ2) is 6.12. The third kappa shape index (κ3) is 5.41. The summed E-state index contributed by atoms with van der Waals surface area (Å²) in [7, 11) is -4.25. The van der Waals surface area contributed by atoms with Crippen molar-refractivity contribution < 1.29 is 12.6 Å². The molecule has 2 unspecified atom stereocenters. The van der Waals surface area contributed by atoms with Crippen LogP contribution in [0.25, 0.3) is 0 Å². The molecule has 0 spiro atoms. The Kier molecular flexibility index (Phi) is 6.14. The monoisotopic (exact) mass is 269 g/mol. The van der Waals surface area contributed by atoms with Crippen molar-refractivity contribution in [2.45, 2.75) is 32.4 Å². The van der Waals surface area contributed by atoms with Crippen LogP contribution in [0.5, 0.6) is 0 Å². The minimum atomic E-state index is -3.16. The van der Waals surface area contributed by atoms with Crippen LogP contribution < -0.4 is 5.73 Å². The van der Waals surface area contributed by atoms with E-state index in [4.69, 9.17) is 5.73 Å². The van der Waals surface area contributed by atoms with E-state index in [9.17, 15) is 12.6 Å². The topological polar surface area (TPSA) is 77.2 Å². The Morgan fingerprint density at radius 1 is 1.31 bits per heavy atom. The van der Waals surface area contributed by atoms with Crippen molar-refractivity contribution in [2.75, 3.05) is 23.8 Å². The summed E-state index contributed by atoms with van der Waals surface area (Å²) in [5.74, 6) is 0.860. The van der Waals surface area contributed by atoms with E-state index >= 15 is 0 Å². The van der Waals surface area contributed by atoms with Crippen molar-refractivity contribution in [1.29, 1.82) is 0 Å². The maximum absolute atomic E-state index is 11.8. The molecule has 0 saturated heterocycles. The number of nitrogens with two attached hydrogens (primary N) is 1. The smallest absolute Gasteiger partial charge is 0.156 e. The van der Waals surface area contributed by atoms with Crippen LogP contribution in [0.15, 0.2) is 0 Å². The van der Waals surface area contributed by atoms with E-state index in [1.165, 1.54) is 0 Å². The van der Waals surface area contributed by atoms with Crippen molar-refractivity contribution >= 4 is 20.6 Å². The molecule has 0 radical (unpaired) electrons. The molecule has 0 rings (SSSR count). The molecule has 16 heavy (non-hydrogen) atoms. The molecule has 0 aliphatic carbocycles. The van der Waals surface area contributed by atoms with Crippen molar-refractivity contribution in [3.63, 3.8) is 0 Å². The van der Waals surface area contributed by atoms with Crippen LogP contribution in [-0.2, 0) is 20.6 Å². The number of hydrogen-bond donors (Lipinski definition) is 1. The van der Waals surface area contributed by atoms with Gasteiger partial charge in [0.2, 0.25) is 0 Å². The molecule has 0 fully saturated rings. The SMILES string of the molecule is CC(CN)CS(=O)CCS(=O)(=O)C(C)(C)C. The fraction of sp³-hybridized carbons (Fsp3) is 1.00. The van der Waals surface area contributed by atoms with Gasteiger partial charge in [-0.3, -0.25) is 4.21 Å². The zero-order valence-corrected chi connectivity index (χ0v) is 12.2. The summed E-state index contributed by atoms with van der Waals surface area (Å²) in [6, 6.07) is 0. The molecule has 0 aliphatic heterocycles. The highest BCUT2D eigenvalue weighted by molar-refractivity contribution is 7.94. The van der Waals surface area contributed by atoms with Gasteiger partial charge in [-0.15, -0.1) is 0 Å². The molecule has 0 aromatic heterocycles. The summed E-state index contributed by atoms with van der Waals surface area (Å²) in [6.07, 6.45) is 0. The summed E-state index contributed by atoms with van der Waals surface area (Å²) in [5.41, 5.74) is 5.42. The predicted octanol–water partition coefficient (Wildman–Crippen LogP) is 0.543. The summed E-state index contributed by atoms with van der Waals surface area (Å²) in [6.45, 7) is 7.38. The largest absolute Gasteiger partial charge is 0.330 e. The molecule has 0 aromatic rings. The van der Waals surface area contributed by atoms with Gasteiger partial charge in [0.05, 0.1) is 10.5 Å². The highest BCUT2D eigenvalue weighted by Gasteiger charge is 2.28. The molecular formula is C10H23NO3S2. The Morgan fingerprint density at radius 2 is 1.81 bits per heavy atom. The van der Waals surface area contributed by atoms with Gasteiger partial charge in [-0.25, -0.2) is 8.42 Å². The molecular weight excluding hydrogens is 246 g/mol. The quantitative estimate of drug-likeness (QED) is 0.763. The van der Waals surface area contributed by atoms with Crippen LogP contribution in [0.2, 0.25) is 0 Å². The molecule has 2 atom stereocenters. The van der Waals surface area contributed by atoms with Gasteiger partial charge in [-0.2, -0.15) is 0 Å². The van der Waals surface area contributed by atoms with E-state index in [1.54, 1.807) is 20.8 Å². The second-order valence-corrected chi connectivity index (χ2v) is 9.57. The minimum absolute atomic E-state index is 0.0135.